The predicted octanol–water partition coefficient (Wildman–Crippen LogP) is 6.15. The first-order valence-electron chi connectivity index (χ1n) is 20.7. The minimum atomic E-state index is -0.914. The van der Waals surface area contributed by atoms with Gasteiger partial charge in [-0.2, -0.15) is 0 Å². The van der Waals surface area contributed by atoms with E-state index in [4.69, 9.17) is 20.4 Å². The van der Waals surface area contributed by atoms with Crippen LogP contribution in [0.5, 0.6) is 0 Å². The zero-order chi connectivity index (χ0) is 37.6. The standard InChI is InChI=1S/2C18H34O2.C6H15NO3.Na/c2*1-2-3-4-5-6-7-8-9-10-11-12-13-14-15-16-17-18(19)20;8-4-1-7(2-5-9)3-6-10;/h2*9-10H,2-8,11-17H2,1H3,(H,19,20);8-10H,1-6H2;/q;;;+1/p-1/b2*10-9-;;. The number of hydrogen-bond donors (Lipinski definition) is 4. The number of carbonyl (C=O) groups excluding carboxylic acids is 1. The fourth-order valence-electron chi connectivity index (χ4n) is 5.45. The summed E-state index contributed by atoms with van der Waals surface area (Å²) in [4.78, 5) is 22.3. The molecule has 0 fully saturated rings. The van der Waals surface area contributed by atoms with E-state index in [1.807, 2.05) is 0 Å². The van der Waals surface area contributed by atoms with Crippen molar-refractivity contribution in [2.75, 3.05) is 39.5 Å². The van der Waals surface area contributed by atoms with Gasteiger partial charge in [0.25, 0.3) is 0 Å². The Bertz CT molecular complexity index is 657. The molecule has 0 aliphatic carbocycles. The molecule has 0 unspecified atom stereocenters. The fourth-order valence-corrected chi connectivity index (χ4v) is 5.45. The number of carboxylic acids is 2. The van der Waals surface area contributed by atoms with Gasteiger partial charge >= 0.3 is 35.5 Å². The van der Waals surface area contributed by atoms with Crippen molar-refractivity contribution in [3.05, 3.63) is 24.3 Å². The molecule has 0 heterocycles. The molecule has 0 saturated heterocycles. The summed E-state index contributed by atoms with van der Waals surface area (Å²) in [5, 5.41) is 44.2. The van der Waals surface area contributed by atoms with Crippen molar-refractivity contribution in [1.82, 2.24) is 4.90 Å². The number of hydrogen-bond acceptors (Lipinski definition) is 7. The molecule has 298 valence electrons. The Morgan fingerprint density at radius 2 is 0.745 bits per heavy atom. The zero-order valence-electron chi connectivity index (χ0n) is 33.8. The van der Waals surface area contributed by atoms with E-state index in [1.165, 1.54) is 135 Å². The Morgan fingerprint density at radius 3 is 1.02 bits per heavy atom. The normalized spacial score (nSPS) is 10.9. The molecule has 4 N–H and O–H groups in total. The van der Waals surface area contributed by atoms with Crippen LogP contribution in [0.2, 0.25) is 0 Å². The Labute approximate surface area is 337 Å². The molecular formula is C42H82NNaO7. The molecule has 0 rings (SSSR count). The van der Waals surface area contributed by atoms with Crippen LogP contribution in [0.15, 0.2) is 24.3 Å². The van der Waals surface area contributed by atoms with Gasteiger partial charge in [-0.1, -0.05) is 141 Å². The van der Waals surface area contributed by atoms with Gasteiger partial charge in [0.05, 0.1) is 19.8 Å². The third kappa shape index (κ3) is 61.6. The van der Waals surface area contributed by atoms with E-state index in [0.717, 1.165) is 32.1 Å². The largest absolute Gasteiger partial charge is 1.00 e. The van der Waals surface area contributed by atoms with Crippen molar-refractivity contribution >= 4 is 11.9 Å². The van der Waals surface area contributed by atoms with Gasteiger partial charge in [0.15, 0.2) is 0 Å². The maximum absolute atomic E-state index is 10.3. The minimum absolute atomic E-state index is 0. The van der Waals surface area contributed by atoms with E-state index in [9.17, 15) is 14.7 Å². The van der Waals surface area contributed by atoms with Crippen LogP contribution in [-0.4, -0.2) is 76.7 Å². The third-order valence-electron chi connectivity index (χ3n) is 8.54. The monoisotopic (exact) mass is 736 g/mol. The van der Waals surface area contributed by atoms with Crippen LogP contribution in [0, 0.1) is 0 Å². The van der Waals surface area contributed by atoms with Crippen molar-refractivity contribution in [3.8, 4) is 0 Å². The maximum atomic E-state index is 10.3. The molecular weight excluding hydrogens is 653 g/mol. The van der Waals surface area contributed by atoms with Crippen molar-refractivity contribution < 1.29 is 64.7 Å². The van der Waals surface area contributed by atoms with Crippen LogP contribution < -0.4 is 34.7 Å². The molecule has 0 aliphatic rings. The molecule has 0 amide bonds. The van der Waals surface area contributed by atoms with Gasteiger partial charge in [-0.15, -0.1) is 0 Å². The SMILES string of the molecule is CCCCCCCC/C=C\CCCCCCCC(=O)O.CCCCCCCC/C=C\CCCCCCCC(=O)[O-].OCCN(CCO)CCO.[Na+]. The van der Waals surface area contributed by atoms with Crippen molar-refractivity contribution in [1.29, 1.82) is 0 Å². The topological polar surface area (TPSA) is 141 Å². The van der Waals surface area contributed by atoms with Crippen LogP contribution in [0.4, 0.5) is 0 Å². The molecule has 0 spiro atoms. The summed E-state index contributed by atoms with van der Waals surface area (Å²) in [5.41, 5.74) is 0. The van der Waals surface area contributed by atoms with E-state index in [0.29, 0.717) is 26.1 Å². The van der Waals surface area contributed by atoms with E-state index in [-0.39, 0.29) is 55.8 Å². The van der Waals surface area contributed by atoms with E-state index < -0.39 is 11.9 Å². The fraction of sp³-hybridized carbons (Fsp3) is 0.857. The van der Waals surface area contributed by atoms with Gasteiger partial charge in [0.2, 0.25) is 0 Å². The number of aliphatic hydroxyl groups excluding tert-OH is 3. The first-order chi connectivity index (χ1) is 24.4. The maximum Gasteiger partial charge on any atom is 1.00 e. The second-order valence-corrected chi connectivity index (χ2v) is 13.4. The quantitative estimate of drug-likeness (QED) is 0.0341. The van der Waals surface area contributed by atoms with Crippen molar-refractivity contribution in [2.24, 2.45) is 0 Å². The number of rotatable bonds is 36. The molecule has 0 aromatic rings. The van der Waals surface area contributed by atoms with E-state index in [2.05, 4.69) is 38.2 Å². The number of allylic oxidation sites excluding steroid dienone is 4. The summed E-state index contributed by atoms with van der Waals surface area (Å²) in [6, 6.07) is 0. The molecule has 0 saturated carbocycles. The molecule has 0 aromatic carbocycles. The van der Waals surface area contributed by atoms with Gasteiger partial charge in [-0.25, -0.2) is 0 Å². The molecule has 0 bridgehead atoms. The predicted molar refractivity (Wildman–Crippen MR) is 209 cm³/mol. The second-order valence-electron chi connectivity index (χ2n) is 13.4. The second kappa shape index (κ2) is 53.6. The van der Waals surface area contributed by atoms with Crippen LogP contribution in [0.1, 0.15) is 194 Å². The number of carbonyl (C=O) groups is 2. The molecule has 0 aliphatic heterocycles. The summed E-state index contributed by atoms with van der Waals surface area (Å²) in [7, 11) is 0. The molecule has 8 nitrogen and oxygen atoms in total. The molecule has 0 radical (unpaired) electrons. The van der Waals surface area contributed by atoms with Gasteiger partial charge in [-0.3, -0.25) is 9.69 Å². The van der Waals surface area contributed by atoms with Crippen LogP contribution in [-0.2, 0) is 9.59 Å². The first-order valence-corrected chi connectivity index (χ1v) is 20.7. The number of aliphatic hydroxyl groups is 3. The molecule has 0 aromatic heterocycles. The van der Waals surface area contributed by atoms with Gasteiger partial charge in [-0.05, 0) is 70.6 Å². The Morgan fingerprint density at radius 1 is 0.471 bits per heavy atom. The summed E-state index contributed by atoms with van der Waals surface area (Å²) in [6.07, 6.45) is 42.1. The van der Waals surface area contributed by atoms with Crippen molar-refractivity contribution in [3.63, 3.8) is 0 Å². The molecule has 51 heavy (non-hydrogen) atoms. The number of unbranched alkanes of at least 4 members (excludes halogenated alkanes) is 22. The summed E-state index contributed by atoms with van der Waals surface area (Å²) in [5.74, 6) is -1.58. The van der Waals surface area contributed by atoms with Crippen molar-refractivity contribution in [2.45, 2.75) is 194 Å². The van der Waals surface area contributed by atoms with Crippen LogP contribution in [0.3, 0.4) is 0 Å². The Hall–Kier alpha value is -0.740. The zero-order valence-corrected chi connectivity index (χ0v) is 35.8. The Balaban J connectivity index is -0.000000340. The first kappa shape index (κ1) is 57.0. The van der Waals surface area contributed by atoms with Gasteiger partial charge < -0.3 is 30.3 Å². The number of carboxylic acid groups (broad SMARTS) is 2. The number of aliphatic carboxylic acids is 2. The van der Waals surface area contributed by atoms with E-state index in [1.54, 1.807) is 4.90 Å². The third-order valence-corrected chi connectivity index (χ3v) is 8.54. The number of nitrogens with zero attached hydrogens (tertiary/aromatic N) is 1. The van der Waals surface area contributed by atoms with Gasteiger partial charge in [0.1, 0.15) is 0 Å². The van der Waals surface area contributed by atoms with Crippen LogP contribution >= 0.6 is 0 Å². The molecule has 0 atom stereocenters. The smallest absolute Gasteiger partial charge is 0.550 e. The minimum Gasteiger partial charge on any atom is -0.550 e. The van der Waals surface area contributed by atoms with Gasteiger partial charge in [0, 0.05) is 32.0 Å². The summed E-state index contributed by atoms with van der Waals surface area (Å²) < 4.78 is 0. The summed E-state index contributed by atoms with van der Waals surface area (Å²) >= 11 is 0. The average Bonchev–Trinajstić information content (AvgIpc) is 3.09. The molecule has 9 heteroatoms. The Kier molecular flexibility index (Phi) is 59.9. The van der Waals surface area contributed by atoms with E-state index >= 15 is 0 Å². The summed E-state index contributed by atoms with van der Waals surface area (Å²) in [6.45, 7) is 6.27. The average molecular weight is 736 g/mol. The van der Waals surface area contributed by atoms with Crippen LogP contribution in [0.25, 0.3) is 0 Å².